The van der Waals surface area contributed by atoms with Gasteiger partial charge in [-0.2, -0.15) is 0 Å². The van der Waals surface area contributed by atoms with Gasteiger partial charge in [-0.1, -0.05) is 53.5 Å². The van der Waals surface area contributed by atoms with E-state index in [0.29, 0.717) is 18.2 Å². The molecule has 2 aromatic rings. The molecule has 9 heteroatoms. The first kappa shape index (κ1) is 22.5. The fraction of sp³-hybridized carbons (Fsp3) is 0.316. The molecule has 0 saturated carbocycles. The molecule has 28 heavy (non-hydrogen) atoms. The first-order chi connectivity index (χ1) is 13.2. The van der Waals surface area contributed by atoms with Crippen molar-refractivity contribution in [3.63, 3.8) is 0 Å². The van der Waals surface area contributed by atoms with Crippen LogP contribution in [0.25, 0.3) is 0 Å². The van der Waals surface area contributed by atoms with Crippen LogP contribution in [0.4, 0.5) is 5.69 Å². The summed E-state index contributed by atoms with van der Waals surface area (Å²) in [6.07, 6.45) is 1.01. The molecule has 1 amide bonds. The Morgan fingerprint density at radius 3 is 2.50 bits per heavy atom. The highest BCUT2D eigenvalue weighted by molar-refractivity contribution is 7.92. The predicted octanol–water partition coefficient (Wildman–Crippen LogP) is 3.48. The second-order valence-corrected chi connectivity index (χ2v) is 8.86. The van der Waals surface area contributed by atoms with E-state index in [4.69, 9.17) is 27.9 Å². The van der Waals surface area contributed by atoms with Gasteiger partial charge in [0.05, 0.1) is 30.2 Å². The van der Waals surface area contributed by atoms with Crippen molar-refractivity contribution in [1.29, 1.82) is 0 Å². The molecule has 1 N–H and O–H groups in total. The maximum absolute atomic E-state index is 12.5. The van der Waals surface area contributed by atoms with Crippen molar-refractivity contribution in [3.8, 4) is 0 Å². The Hall–Kier alpha value is -1.80. The molecule has 1 atom stereocenters. The molecule has 0 spiro atoms. The zero-order valence-corrected chi connectivity index (χ0v) is 17.9. The molecule has 0 fully saturated rings. The molecule has 0 unspecified atom stereocenters. The van der Waals surface area contributed by atoms with Crippen LogP contribution in [-0.4, -0.2) is 39.8 Å². The van der Waals surface area contributed by atoms with E-state index in [9.17, 15) is 13.2 Å². The van der Waals surface area contributed by atoms with Gasteiger partial charge in [0.2, 0.25) is 15.9 Å². The van der Waals surface area contributed by atoms with Crippen molar-refractivity contribution >= 4 is 44.8 Å². The molecule has 152 valence electrons. The van der Waals surface area contributed by atoms with Crippen LogP contribution in [0.15, 0.2) is 48.5 Å². The standard InChI is InChI=1S/C19H22Cl2N2O4S/c1-14(19(24)22-10-11-27-13-15-6-4-3-5-7-15)23(28(2,25)26)18-12-16(20)8-9-17(18)21/h3-9,12,14H,10-11,13H2,1-2H3,(H,22,24)/t14-/m0/s1. The van der Waals surface area contributed by atoms with Crippen molar-refractivity contribution in [2.75, 3.05) is 23.7 Å². The summed E-state index contributed by atoms with van der Waals surface area (Å²) < 4.78 is 31.1. The number of benzene rings is 2. The van der Waals surface area contributed by atoms with E-state index in [1.165, 1.54) is 19.1 Å². The average molecular weight is 445 g/mol. The lowest BCUT2D eigenvalue weighted by Crippen LogP contribution is -2.48. The lowest BCUT2D eigenvalue weighted by atomic mass is 10.2. The number of nitrogens with one attached hydrogen (secondary N) is 1. The molecular formula is C19H22Cl2N2O4S. The average Bonchev–Trinajstić information content (AvgIpc) is 2.64. The van der Waals surface area contributed by atoms with Gasteiger partial charge in [-0.25, -0.2) is 8.42 Å². The summed E-state index contributed by atoms with van der Waals surface area (Å²) in [6, 6.07) is 13.1. The number of hydrogen-bond acceptors (Lipinski definition) is 4. The normalized spacial score (nSPS) is 12.4. The van der Waals surface area contributed by atoms with Gasteiger partial charge in [0.25, 0.3) is 0 Å². The molecule has 2 rings (SSSR count). The Morgan fingerprint density at radius 1 is 1.18 bits per heavy atom. The predicted molar refractivity (Wildman–Crippen MR) is 112 cm³/mol. The number of carbonyl (C=O) groups is 1. The van der Waals surface area contributed by atoms with Crippen molar-refractivity contribution in [2.24, 2.45) is 0 Å². The molecule has 6 nitrogen and oxygen atoms in total. The van der Waals surface area contributed by atoms with Crippen LogP contribution in [0.5, 0.6) is 0 Å². The van der Waals surface area contributed by atoms with Gasteiger partial charge >= 0.3 is 0 Å². The zero-order chi connectivity index (χ0) is 20.7. The molecule has 0 aliphatic carbocycles. The lowest BCUT2D eigenvalue weighted by Gasteiger charge is -2.29. The molecule has 0 radical (unpaired) electrons. The topological polar surface area (TPSA) is 75.7 Å². The molecule has 0 heterocycles. The number of anilines is 1. The van der Waals surface area contributed by atoms with Crippen LogP contribution in [-0.2, 0) is 26.2 Å². The molecule has 0 aliphatic rings. The highest BCUT2D eigenvalue weighted by Crippen LogP contribution is 2.32. The number of halogens is 2. The Balaban J connectivity index is 1.97. The first-order valence-corrected chi connectivity index (χ1v) is 11.1. The summed E-state index contributed by atoms with van der Waals surface area (Å²) in [6.45, 7) is 2.46. The Morgan fingerprint density at radius 2 is 1.86 bits per heavy atom. The minimum atomic E-state index is -3.77. The van der Waals surface area contributed by atoms with Gasteiger partial charge < -0.3 is 10.1 Å². The second-order valence-electron chi connectivity index (χ2n) is 6.16. The highest BCUT2D eigenvalue weighted by Gasteiger charge is 2.30. The molecule has 0 bridgehead atoms. The van der Waals surface area contributed by atoms with E-state index < -0.39 is 22.0 Å². The van der Waals surface area contributed by atoms with E-state index in [1.807, 2.05) is 30.3 Å². The number of nitrogens with zero attached hydrogens (tertiary/aromatic N) is 1. The van der Waals surface area contributed by atoms with E-state index in [0.717, 1.165) is 16.1 Å². The monoisotopic (exact) mass is 444 g/mol. The summed E-state index contributed by atoms with van der Waals surface area (Å²) in [4.78, 5) is 12.5. The lowest BCUT2D eigenvalue weighted by molar-refractivity contribution is -0.122. The highest BCUT2D eigenvalue weighted by atomic mass is 35.5. The second kappa shape index (κ2) is 10.1. The smallest absolute Gasteiger partial charge is 0.243 e. The van der Waals surface area contributed by atoms with Gasteiger partial charge in [0.1, 0.15) is 6.04 Å². The molecular weight excluding hydrogens is 423 g/mol. The van der Waals surface area contributed by atoms with Gasteiger partial charge in [0.15, 0.2) is 0 Å². The first-order valence-electron chi connectivity index (χ1n) is 8.54. The van der Waals surface area contributed by atoms with Crippen molar-refractivity contribution in [1.82, 2.24) is 5.32 Å². The van der Waals surface area contributed by atoms with Crippen LogP contribution in [0.1, 0.15) is 12.5 Å². The maximum atomic E-state index is 12.5. The number of rotatable bonds is 9. The van der Waals surface area contributed by atoms with E-state index in [1.54, 1.807) is 6.07 Å². The molecule has 0 saturated heterocycles. The van der Waals surface area contributed by atoms with Crippen LogP contribution in [0.3, 0.4) is 0 Å². The molecule has 2 aromatic carbocycles. The Labute approximate surface area is 175 Å². The summed E-state index contributed by atoms with van der Waals surface area (Å²) in [5, 5.41) is 3.17. The largest absolute Gasteiger partial charge is 0.375 e. The van der Waals surface area contributed by atoms with Gasteiger partial charge in [0, 0.05) is 11.6 Å². The van der Waals surface area contributed by atoms with Crippen molar-refractivity contribution in [3.05, 3.63) is 64.1 Å². The summed E-state index contributed by atoms with van der Waals surface area (Å²) in [5.74, 6) is -0.468. The van der Waals surface area contributed by atoms with Crippen LogP contribution < -0.4 is 9.62 Å². The fourth-order valence-electron chi connectivity index (χ4n) is 2.59. The quantitative estimate of drug-likeness (QED) is 0.600. The minimum absolute atomic E-state index is 0.152. The number of ether oxygens (including phenoxy) is 1. The van der Waals surface area contributed by atoms with Crippen LogP contribution in [0, 0.1) is 0 Å². The number of sulfonamides is 1. The number of amides is 1. The van der Waals surface area contributed by atoms with Gasteiger partial charge in [-0.05, 0) is 30.7 Å². The van der Waals surface area contributed by atoms with Crippen molar-refractivity contribution in [2.45, 2.75) is 19.6 Å². The summed E-state index contributed by atoms with van der Waals surface area (Å²) >= 11 is 12.1. The summed E-state index contributed by atoms with van der Waals surface area (Å²) in [5.41, 5.74) is 1.18. The Bertz CT molecular complexity index is 907. The van der Waals surface area contributed by atoms with Crippen LogP contribution in [0.2, 0.25) is 10.0 Å². The van der Waals surface area contributed by atoms with Crippen molar-refractivity contribution < 1.29 is 17.9 Å². The SMILES string of the molecule is C[C@@H](C(=O)NCCOCc1ccccc1)N(c1cc(Cl)ccc1Cl)S(C)(=O)=O. The van der Waals surface area contributed by atoms with E-state index in [-0.39, 0.29) is 17.3 Å². The van der Waals surface area contributed by atoms with E-state index in [2.05, 4.69) is 5.32 Å². The fourth-order valence-corrected chi connectivity index (χ4v) is 4.20. The van der Waals surface area contributed by atoms with E-state index >= 15 is 0 Å². The third kappa shape index (κ3) is 6.38. The third-order valence-corrected chi connectivity index (χ3v) is 5.67. The Kier molecular flexibility index (Phi) is 8.12. The zero-order valence-electron chi connectivity index (χ0n) is 15.6. The van der Waals surface area contributed by atoms with Gasteiger partial charge in [-0.15, -0.1) is 0 Å². The summed E-state index contributed by atoms with van der Waals surface area (Å²) in [7, 11) is -3.77. The molecule has 0 aromatic heterocycles. The minimum Gasteiger partial charge on any atom is -0.375 e. The van der Waals surface area contributed by atoms with Gasteiger partial charge in [-0.3, -0.25) is 9.10 Å². The number of hydrogen-bond donors (Lipinski definition) is 1. The molecule has 0 aliphatic heterocycles. The number of carbonyl (C=O) groups excluding carboxylic acids is 1. The third-order valence-electron chi connectivity index (χ3n) is 3.89. The maximum Gasteiger partial charge on any atom is 0.243 e. The van der Waals surface area contributed by atoms with Crippen LogP contribution >= 0.6 is 23.2 Å².